The molecule has 0 atom stereocenters. The average molecular weight is 450 g/mol. The first-order valence-electron chi connectivity index (χ1n) is 10.6. The summed E-state index contributed by atoms with van der Waals surface area (Å²) in [6.07, 6.45) is 7.18. The Morgan fingerprint density at radius 2 is 1.84 bits per heavy atom. The number of nitrogens with zero attached hydrogens (tertiary/aromatic N) is 5. The summed E-state index contributed by atoms with van der Waals surface area (Å²) in [6.45, 7) is 1.20. The maximum absolute atomic E-state index is 15.2. The van der Waals surface area contributed by atoms with Gasteiger partial charge in [0.25, 0.3) is 5.78 Å². The van der Waals surface area contributed by atoms with Crippen molar-refractivity contribution in [2.75, 3.05) is 27.2 Å². The molecule has 1 saturated carbocycles. The van der Waals surface area contributed by atoms with Crippen molar-refractivity contribution in [3.05, 3.63) is 40.9 Å². The Balaban J connectivity index is 1.75. The van der Waals surface area contributed by atoms with Crippen LogP contribution in [0.3, 0.4) is 0 Å². The van der Waals surface area contributed by atoms with E-state index in [9.17, 15) is 0 Å². The monoisotopic (exact) mass is 449 g/mol. The van der Waals surface area contributed by atoms with Crippen LogP contribution >= 0.6 is 11.6 Å². The molecule has 31 heavy (non-hydrogen) atoms. The van der Waals surface area contributed by atoms with Crippen LogP contribution in [-0.4, -0.2) is 51.7 Å². The Bertz CT molecular complexity index is 1040. The van der Waals surface area contributed by atoms with Crippen LogP contribution in [0.5, 0.6) is 5.75 Å². The predicted octanol–water partition coefficient (Wildman–Crippen LogP) is 5.10. The molecule has 0 radical (unpaired) electrons. The van der Waals surface area contributed by atoms with Crippen LogP contribution < -0.4 is 4.74 Å². The van der Waals surface area contributed by atoms with Gasteiger partial charge in [-0.2, -0.15) is 15.1 Å². The van der Waals surface area contributed by atoms with Crippen molar-refractivity contribution in [3.8, 4) is 16.9 Å². The predicted molar refractivity (Wildman–Crippen MR) is 116 cm³/mol. The van der Waals surface area contributed by atoms with Crippen molar-refractivity contribution < 1.29 is 13.5 Å². The third kappa shape index (κ3) is 4.65. The second-order valence-electron chi connectivity index (χ2n) is 8.24. The van der Waals surface area contributed by atoms with Crippen molar-refractivity contribution in [2.24, 2.45) is 0 Å². The fourth-order valence-electron chi connectivity index (χ4n) is 4.26. The Kier molecular flexibility index (Phi) is 6.67. The molecule has 0 spiro atoms. The zero-order valence-electron chi connectivity index (χ0n) is 17.7. The highest BCUT2D eigenvalue weighted by atomic mass is 35.5. The molecule has 1 fully saturated rings. The summed E-state index contributed by atoms with van der Waals surface area (Å²) >= 11 is 6.47. The molecule has 4 rings (SSSR count). The molecule has 3 aromatic rings. The minimum atomic E-state index is -0.733. The molecule has 0 aliphatic heterocycles. The lowest BCUT2D eigenvalue weighted by molar-refractivity contribution is 0.279. The van der Waals surface area contributed by atoms with E-state index >= 15 is 8.78 Å². The van der Waals surface area contributed by atoms with Gasteiger partial charge in [-0.1, -0.05) is 30.9 Å². The van der Waals surface area contributed by atoms with Gasteiger partial charge in [0.1, 0.15) is 28.9 Å². The first-order chi connectivity index (χ1) is 15.0. The molecule has 0 N–H and O–H groups in total. The molecule has 1 aliphatic carbocycles. The lowest BCUT2D eigenvalue weighted by Crippen LogP contribution is -2.16. The van der Waals surface area contributed by atoms with Gasteiger partial charge in [0.05, 0.1) is 17.9 Å². The van der Waals surface area contributed by atoms with Crippen molar-refractivity contribution in [1.29, 1.82) is 0 Å². The van der Waals surface area contributed by atoms with Gasteiger partial charge >= 0.3 is 0 Å². The molecule has 2 aromatic heterocycles. The molecule has 2 heterocycles. The maximum Gasteiger partial charge on any atom is 0.253 e. The zero-order chi connectivity index (χ0) is 22.0. The normalized spacial score (nSPS) is 15.2. The van der Waals surface area contributed by atoms with E-state index in [1.54, 1.807) is 4.52 Å². The van der Waals surface area contributed by atoms with Crippen LogP contribution in [0.15, 0.2) is 18.5 Å². The summed E-state index contributed by atoms with van der Waals surface area (Å²) in [7, 11) is 3.92. The average Bonchev–Trinajstić information content (AvgIpc) is 3.19. The largest absolute Gasteiger partial charge is 0.493 e. The standard InChI is InChI=1S/C22H26ClF2N5O/c1-29(2)9-6-10-31-15-11-16(24)18(17(25)12-15)19-20(14-7-4-3-5-8-14)30-22(26-13-27-30)28-21(19)23/h11-14H,3-10H2,1-2H3. The molecular weight excluding hydrogens is 424 g/mol. The summed E-state index contributed by atoms with van der Waals surface area (Å²) in [6, 6.07) is 2.42. The number of hydrogen-bond acceptors (Lipinski definition) is 5. The van der Waals surface area contributed by atoms with E-state index in [0.717, 1.165) is 45.1 Å². The van der Waals surface area contributed by atoms with Crippen LogP contribution in [0.1, 0.15) is 50.1 Å². The Morgan fingerprint density at radius 1 is 1.13 bits per heavy atom. The highest BCUT2D eigenvalue weighted by Gasteiger charge is 2.29. The number of ether oxygens (including phenoxy) is 1. The summed E-state index contributed by atoms with van der Waals surface area (Å²) in [5.74, 6) is -0.904. The lowest BCUT2D eigenvalue weighted by atomic mass is 9.84. The summed E-state index contributed by atoms with van der Waals surface area (Å²) in [5, 5.41) is 4.30. The van der Waals surface area contributed by atoms with Crippen molar-refractivity contribution >= 4 is 17.4 Å². The molecule has 0 saturated heterocycles. The second-order valence-corrected chi connectivity index (χ2v) is 8.59. The van der Waals surface area contributed by atoms with Gasteiger partial charge in [-0.15, -0.1) is 0 Å². The third-order valence-electron chi connectivity index (χ3n) is 5.69. The molecule has 0 unspecified atom stereocenters. The van der Waals surface area contributed by atoms with Gasteiger partial charge in [0.15, 0.2) is 0 Å². The van der Waals surface area contributed by atoms with Crippen LogP contribution in [0.4, 0.5) is 8.78 Å². The van der Waals surface area contributed by atoms with Gasteiger partial charge in [-0.05, 0) is 33.4 Å². The molecule has 0 bridgehead atoms. The highest BCUT2D eigenvalue weighted by Crippen LogP contribution is 2.43. The molecule has 6 nitrogen and oxygen atoms in total. The number of aromatic nitrogens is 4. The van der Waals surface area contributed by atoms with E-state index in [1.807, 2.05) is 19.0 Å². The minimum absolute atomic E-state index is 0.0264. The van der Waals surface area contributed by atoms with Crippen molar-refractivity contribution in [2.45, 2.75) is 44.4 Å². The van der Waals surface area contributed by atoms with Crippen LogP contribution in [0.2, 0.25) is 5.15 Å². The Hall–Kier alpha value is -2.32. The van der Waals surface area contributed by atoms with E-state index in [-0.39, 0.29) is 27.9 Å². The summed E-state index contributed by atoms with van der Waals surface area (Å²) in [4.78, 5) is 10.4. The molecule has 1 aromatic carbocycles. The number of halogens is 3. The summed E-state index contributed by atoms with van der Waals surface area (Å²) in [5.41, 5.74) is 0.724. The quantitative estimate of drug-likeness (QED) is 0.371. The first-order valence-corrected chi connectivity index (χ1v) is 11.0. The third-order valence-corrected chi connectivity index (χ3v) is 5.97. The van der Waals surface area contributed by atoms with Gasteiger partial charge in [-0.3, -0.25) is 0 Å². The van der Waals surface area contributed by atoms with E-state index in [0.29, 0.717) is 18.1 Å². The summed E-state index contributed by atoms with van der Waals surface area (Å²) < 4.78 is 37.6. The first kappa shape index (κ1) is 21.9. The number of benzene rings is 1. The van der Waals surface area contributed by atoms with Crippen molar-refractivity contribution in [1.82, 2.24) is 24.5 Å². The molecule has 9 heteroatoms. The van der Waals surface area contributed by atoms with Crippen LogP contribution in [-0.2, 0) is 0 Å². The van der Waals surface area contributed by atoms with E-state index < -0.39 is 11.6 Å². The Morgan fingerprint density at radius 3 is 2.52 bits per heavy atom. The van der Waals surface area contributed by atoms with Crippen LogP contribution in [0.25, 0.3) is 16.9 Å². The fraction of sp³-hybridized carbons (Fsp3) is 0.500. The second kappa shape index (κ2) is 9.44. The van der Waals surface area contributed by atoms with Gasteiger partial charge in [0.2, 0.25) is 0 Å². The maximum atomic E-state index is 15.2. The number of rotatable bonds is 7. The molecule has 0 amide bonds. The molecule has 1 aliphatic rings. The van der Waals surface area contributed by atoms with Crippen molar-refractivity contribution in [3.63, 3.8) is 0 Å². The topological polar surface area (TPSA) is 55.5 Å². The van der Waals surface area contributed by atoms with E-state index in [2.05, 4.69) is 15.1 Å². The smallest absolute Gasteiger partial charge is 0.253 e. The van der Waals surface area contributed by atoms with Gasteiger partial charge < -0.3 is 9.64 Å². The molecule has 166 valence electrons. The van der Waals surface area contributed by atoms with Gasteiger partial charge in [-0.25, -0.2) is 13.3 Å². The Labute approximate surface area is 185 Å². The van der Waals surface area contributed by atoms with E-state index in [4.69, 9.17) is 16.3 Å². The molecular formula is C22H26ClF2N5O. The van der Waals surface area contributed by atoms with E-state index in [1.165, 1.54) is 18.5 Å². The van der Waals surface area contributed by atoms with Gasteiger partial charge in [0, 0.05) is 30.2 Å². The fourth-order valence-corrected chi connectivity index (χ4v) is 4.53. The number of hydrogen-bond donors (Lipinski definition) is 0. The highest BCUT2D eigenvalue weighted by molar-refractivity contribution is 6.32. The number of fused-ring (bicyclic) bond motifs is 1. The zero-order valence-corrected chi connectivity index (χ0v) is 18.5. The SMILES string of the molecule is CN(C)CCCOc1cc(F)c(-c2c(Cl)nc3ncnn3c2C2CCCCC2)c(F)c1. The minimum Gasteiger partial charge on any atom is -0.493 e. The van der Waals surface area contributed by atoms with Crippen LogP contribution in [0, 0.1) is 11.6 Å². The lowest BCUT2D eigenvalue weighted by Gasteiger charge is -2.25.